The molecule has 1 aromatic carbocycles. The lowest BCUT2D eigenvalue weighted by atomic mass is 8.92. The second-order valence-electron chi connectivity index (χ2n) is 6.88. The van der Waals surface area contributed by atoms with Crippen molar-refractivity contribution < 1.29 is 9.53 Å². The molecule has 6 aliphatic rings. The van der Waals surface area contributed by atoms with E-state index in [-0.39, 0.29) is 11.4 Å². The fraction of sp³-hybridized carbons (Fsp3) is 0.562. The van der Waals surface area contributed by atoms with Gasteiger partial charge in [-0.15, -0.1) is 0 Å². The first-order valence-electron chi connectivity index (χ1n) is 6.96. The van der Waals surface area contributed by atoms with E-state index in [9.17, 15) is 4.79 Å². The van der Waals surface area contributed by atoms with Crippen molar-refractivity contribution in [3.05, 3.63) is 35.9 Å². The maximum atomic E-state index is 12.0. The van der Waals surface area contributed by atoms with Crippen molar-refractivity contribution in [2.24, 2.45) is 40.9 Å². The number of benzene rings is 1. The second kappa shape index (κ2) is 2.04. The van der Waals surface area contributed by atoms with Gasteiger partial charge in [0.2, 0.25) is 0 Å². The molecular formula is C16H14O2. The zero-order chi connectivity index (χ0) is 11.9. The van der Waals surface area contributed by atoms with Gasteiger partial charge in [0.15, 0.2) is 0 Å². The number of esters is 1. The monoisotopic (exact) mass is 238 g/mol. The number of methoxy groups -OCH3 is 1. The van der Waals surface area contributed by atoms with E-state index in [1.165, 1.54) is 0 Å². The minimum absolute atomic E-state index is 0.0191. The third-order valence-corrected chi connectivity index (χ3v) is 7.44. The minimum Gasteiger partial charge on any atom is -0.469 e. The zero-order valence-corrected chi connectivity index (χ0v) is 10.2. The molecule has 0 atom stereocenters. The third kappa shape index (κ3) is 0.423. The van der Waals surface area contributed by atoms with Crippen LogP contribution in [0.25, 0.3) is 0 Å². The highest BCUT2D eigenvalue weighted by Gasteiger charge is 3.11. The number of hydrogen-bond donors (Lipinski definition) is 0. The summed E-state index contributed by atoms with van der Waals surface area (Å²) >= 11 is 0. The van der Waals surface area contributed by atoms with Crippen molar-refractivity contribution in [2.75, 3.05) is 7.11 Å². The van der Waals surface area contributed by atoms with Crippen LogP contribution in [0.1, 0.15) is 5.56 Å². The molecule has 0 radical (unpaired) electrons. The molecule has 7 rings (SSSR count). The Morgan fingerprint density at radius 3 is 2.06 bits per heavy atom. The molecule has 0 saturated heterocycles. The fourth-order valence-corrected chi connectivity index (χ4v) is 7.42. The van der Waals surface area contributed by atoms with E-state index in [1.807, 2.05) is 0 Å². The van der Waals surface area contributed by atoms with Gasteiger partial charge in [-0.25, -0.2) is 0 Å². The molecule has 0 amide bonds. The van der Waals surface area contributed by atoms with Crippen molar-refractivity contribution >= 4 is 5.97 Å². The van der Waals surface area contributed by atoms with E-state index in [2.05, 4.69) is 30.3 Å². The van der Waals surface area contributed by atoms with E-state index in [1.54, 1.807) is 12.7 Å². The van der Waals surface area contributed by atoms with Crippen molar-refractivity contribution in [3.8, 4) is 0 Å². The molecule has 0 aromatic heterocycles. The predicted molar refractivity (Wildman–Crippen MR) is 63.5 cm³/mol. The first-order valence-corrected chi connectivity index (χ1v) is 6.96. The molecule has 6 fully saturated rings. The van der Waals surface area contributed by atoms with E-state index >= 15 is 0 Å². The number of rotatable bonds is 2. The highest BCUT2D eigenvalue weighted by molar-refractivity contribution is 5.89. The summed E-state index contributed by atoms with van der Waals surface area (Å²) in [4.78, 5) is 12.0. The normalized spacial score (nSPS) is 62.3. The molecule has 6 saturated carbocycles. The third-order valence-electron chi connectivity index (χ3n) is 7.44. The molecular weight excluding hydrogens is 224 g/mol. The lowest BCUT2D eigenvalue weighted by Crippen LogP contribution is -3.12. The molecule has 0 spiro atoms. The highest BCUT2D eigenvalue weighted by Crippen LogP contribution is 3.09. The van der Waals surface area contributed by atoms with Crippen molar-refractivity contribution in [3.63, 3.8) is 0 Å². The van der Waals surface area contributed by atoms with Gasteiger partial charge in [-0.05, 0) is 41.1 Å². The van der Waals surface area contributed by atoms with Gasteiger partial charge < -0.3 is 4.74 Å². The van der Waals surface area contributed by atoms with Crippen LogP contribution in [0.5, 0.6) is 0 Å². The smallest absolute Gasteiger partial charge is 0.312 e. The predicted octanol–water partition coefficient (Wildman–Crippen LogP) is 1.85. The van der Waals surface area contributed by atoms with Crippen LogP contribution in [0.15, 0.2) is 30.3 Å². The first kappa shape index (κ1) is 8.73. The molecule has 2 nitrogen and oxygen atoms in total. The SMILES string of the molecule is COC(=O)C12C3C4C1C1C2C3C41c1ccccc1. The summed E-state index contributed by atoms with van der Waals surface area (Å²) in [6.07, 6.45) is 0. The molecule has 0 aliphatic heterocycles. The summed E-state index contributed by atoms with van der Waals surface area (Å²) in [5, 5.41) is 0. The number of hydrogen-bond acceptors (Lipinski definition) is 2. The average Bonchev–Trinajstić information content (AvgIpc) is 2.47. The zero-order valence-electron chi connectivity index (χ0n) is 10.2. The molecule has 6 aliphatic carbocycles. The Balaban J connectivity index is 1.45. The van der Waals surface area contributed by atoms with Gasteiger partial charge in [0.25, 0.3) is 0 Å². The Labute approximate surface area is 105 Å². The van der Waals surface area contributed by atoms with Crippen LogP contribution in [-0.4, -0.2) is 13.1 Å². The fourth-order valence-electron chi connectivity index (χ4n) is 7.42. The Kier molecular flexibility index (Phi) is 0.992. The summed E-state index contributed by atoms with van der Waals surface area (Å²) in [7, 11) is 1.55. The minimum atomic E-state index is 0.0191. The van der Waals surface area contributed by atoms with Gasteiger partial charge in [-0.3, -0.25) is 4.79 Å². The van der Waals surface area contributed by atoms with Crippen LogP contribution < -0.4 is 0 Å². The van der Waals surface area contributed by atoms with Crippen molar-refractivity contribution in [1.82, 2.24) is 0 Å². The quantitative estimate of drug-likeness (QED) is 0.735. The van der Waals surface area contributed by atoms with E-state index in [0.717, 1.165) is 17.8 Å². The molecule has 0 unspecified atom stereocenters. The van der Waals surface area contributed by atoms with Crippen LogP contribution >= 0.6 is 0 Å². The van der Waals surface area contributed by atoms with Crippen LogP contribution in [0.3, 0.4) is 0 Å². The van der Waals surface area contributed by atoms with Gasteiger partial charge in [0, 0.05) is 5.41 Å². The van der Waals surface area contributed by atoms with Crippen LogP contribution in [0.2, 0.25) is 0 Å². The van der Waals surface area contributed by atoms with Crippen LogP contribution in [0, 0.1) is 40.9 Å². The van der Waals surface area contributed by atoms with Crippen LogP contribution in [-0.2, 0) is 14.9 Å². The van der Waals surface area contributed by atoms with Gasteiger partial charge in [0.1, 0.15) is 0 Å². The van der Waals surface area contributed by atoms with Crippen molar-refractivity contribution in [1.29, 1.82) is 0 Å². The summed E-state index contributed by atoms with van der Waals surface area (Å²) < 4.78 is 5.06. The summed E-state index contributed by atoms with van der Waals surface area (Å²) in [6, 6.07) is 11.0. The lowest BCUT2D eigenvalue weighted by Gasteiger charge is -3.10. The van der Waals surface area contributed by atoms with Crippen molar-refractivity contribution in [2.45, 2.75) is 5.41 Å². The van der Waals surface area contributed by atoms with Gasteiger partial charge >= 0.3 is 5.97 Å². The number of ether oxygens (including phenoxy) is 1. The van der Waals surface area contributed by atoms with E-state index in [4.69, 9.17) is 4.74 Å². The summed E-state index contributed by atoms with van der Waals surface area (Å²) in [6.45, 7) is 0. The molecule has 1 aromatic rings. The summed E-state index contributed by atoms with van der Waals surface area (Å²) in [5.41, 5.74) is 2.08. The number of carbonyl (C=O) groups is 1. The lowest BCUT2D eigenvalue weighted by molar-refractivity contribution is -0.613. The molecule has 0 N–H and O–H groups in total. The molecule has 2 heteroatoms. The molecule has 90 valence electrons. The first-order chi connectivity index (χ1) is 8.82. The van der Waals surface area contributed by atoms with E-state index in [0.29, 0.717) is 23.2 Å². The van der Waals surface area contributed by atoms with Gasteiger partial charge in [0.05, 0.1) is 12.5 Å². The largest absolute Gasteiger partial charge is 0.469 e. The summed E-state index contributed by atoms with van der Waals surface area (Å²) in [5.74, 6) is 4.62. The maximum absolute atomic E-state index is 12.0. The Bertz CT molecular complexity index is 564. The topological polar surface area (TPSA) is 26.3 Å². The Morgan fingerprint density at radius 2 is 1.56 bits per heavy atom. The second-order valence-corrected chi connectivity index (χ2v) is 6.88. The molecule has 18 heavy (non-hydrogen) atoms. The highest BCUT2D eigenvalue weighted by atomic mass is 16.5. The van der Waals surface area contributed by atoms with E-state index < -0.39 is 0 Å². The maximum Gasteiger partial charge on any atom is 0.312 e. The Morgan fingerprint density at radius 1 is 1.00 bits per heavy atom. The molecule has 0 bridgehead atoms. The standard InChI is InChI=1S/C16H14O2/c1-18-14(17)16-11-8-12(16)10-13(16)9(11)15(8,10)7-5-3-2-4-6-7/h2-6,8-13H,1H3. The number of carbonyl (C=O) groups excluding carboxylic acids is 1. The van der Waals surface area contributed by atoms with Crippen LogP contribution in [0.4, 0.5) is 0 Å². The van der Waals surface area contributed by atoms with Gasteiger partial charge in [-0.2, -0.15) is 0 Å². The Hall–Kier alpha value is -1.31. The van der Waals surface area contributed by atoms with Gasteiger partial charge in [-0.1, -0.05) is 30.3 Å². The molecule has 0 heterocycles. The average molecular weight is 238 g/mol.